The van der Waals surface area contributed by atoms with Crippen molar-refractivity contribution in [3.63, 3.8) is 0 Å². The largest absolute Gasteiger partial charge is 0.416 e. The molecule has 0 saturated heterocycles. The number of alkyl halides is 6. The Morgan fingerprint density at radius 3 is 2.06 bits per heavy atom. The first-order chi connectivity index (χ1) is 15.5. The molecule has 3 nitrogen and oxygen atoms in total. The lowest BCUT2D eigenvalue weighted by atomic mass is 10.1. The van der Waals surface area contributed by atoms with Crippen LogP contribution in [0.15, 0.2) is 77.6 Å². The van der Waals surface area contributed by atoms with E-state index in [0.29, 0.717) is 11.1 Å². The van der Waals surface area contributed by atoms with E-state index in [2.05, 4.69) is 4.98 Å². The molecular weight excluding hydrogens is 446 g/mol. The molecule has 1 aromatic heterocycles. The standard InChI is InChI=1S/C24H14F6N2O/c25-23(26,27)16-11-8-15(9-12-16)10-13-21-31-20-7-2-1-6-19(20)22(33)32(21)18-5-3-4-17(14-18)24(28,29)30/h1-14H/b13-10-. The zero-order chi connectivity index (χ0) is 23.8. The summed E-state index contributed by atoms with van der Waals surface area (Å²) in [7, 11) is 0. The first kappa shape index (κ1) is 22.3. The van der Waals surface area contributed by atoms with Crippen LogP contribution in [0.3, 0.4) is 0 Å². The van der Waals surface area contributed by atoms with Gasteiger partial charge in [-0.25, -0.2) is 4.98 Å². The lowest BCUT2D eigenvalue weighted by molar-refractivity contribution is -0.138. The smallest absolute Gasteiger partial charge is 0.268 e. The molecule has 0 atom stereocenters. The first-order valence-electron chi connectivity index (χ1n) is 9.59. The van der Waals surface area contributed by atoms with Crippen LogP contribution < -0.4 is 5.56 Å². The average molecular weight is 460 g/mol. The van der Waals surface area contributed by atoms with E-state index in [9.17, 15) is 31.1 Å². The Morgan fingerprint density at radius 1 is 0.727 bits per heavy atom. The molecule has 0 aliphatic carbocycles. The third-order valence-electron chi connectivity index (χ3n) is 4.90. The lowest BCUT2D eigenvalue weighted by Gasteiger charge is -2.14. The minimum absolute atomic E-state index is 0.0259. The Bertz CT molecular complexity index is 1400. The molecule has 9 heteroatoms. The Hall–Kier alpha value is -3.88. The highest BCUT2D eigenvalue weighted by atomic mass is 19.4. The molecule has 0 spiro atoms. The molecule has 0 bridgehead atoms. The van der Waals surface area contributed by atoms with Crippen LogP contribution in [0.5, 0.6) is 0 Å². The third kappa shape index (κ3) is 4.67. The predicted molar refractivity (Wildman–Crippen MR) is 113 cm³/mol. The number of benzene rings is 3. The van der Waals surface area contributed by atoms with Crippen molar-refractivity contribution >= 4 is 23.1 Å². The van der Waals surface area contributed by atoms with Crippen LogP contribution in [0, 0.1) is 0 Å². The summed E-state index contributed by atoms with van der Waals surface area (Å²) in [6.07, 6.45) is -6.29. The van der Waals surface area contributed by atoms with Gasteiger partial charge in [0.25, 0.3) is 5.56 Å². The maximum Gasteiger partial charge on any atom is 0.416 e. The van der Waals surface area contributed by atoms with E-state index in [1.54, 1.807) is 18.2 Å². The van der Waals surface area contributed by atoms with E-state index in [1.807, 2.05) is 0 Å². The Morgan fingerprint density at radius 2 is 1.39 bits per heavy atom. The average Bonchev–Trinajstić information content (AvgIpc) is 2.77. The van der Waals surface area contributed by atoms with Crippen LogP contribution in [0.25, 0.3) is 28.7 Å². The van der Waals surface area contributed by atoms with E-state index in [4.69, 9.17) is 0 Å². The van der Waals surface area contributed by atoms with Gasteiger partial charge in [0, 0.05) is 0 Å². The SMILES string of the molecule is O=c1c2ccccc2nc(/C=C\c2ccc(C(F)(F)F)cc2)n1-c1cccc(C(F)(F)F)c1. The summed E-state index contributed by atoms with van der Waals surface area (Å²) < 4.78 is 79.0. The molecule has 4 aromatic rings. The number of aromatic nitrogens is 2. The molecule has 3 aromatic carbocycles. The number of halogens is 6. The molecule has 0 aliphatic rings. The van der Waals surface area contributed by atoms with Gasteiger partial charge < -0.3 is 0 Å². The van der Waals surface area contributed by atoms with E-state index in [0.717, 1.165) is 28.8 Å². The minimum atomic E-state index is -4.61. The van der Waals surface area contributed by atoms with Crippen molar-refractivity contribution in [2.45, 2.75) is 12.4 Å². The summed E-state index contributed by atoms with van der Waals surface area (Å²) >= 11 is 0. The molecule has 0 unspecified atom stereocenters. The molecule has 0 amide bonds. The van der Waals surface area contributed by atoms with Crippen LogP contribution in [-0.2, 0) is 12.4 Å². The summed E-state index contributed by atoms with van der Waals surface area (Å²) in [5, 5.41) is 0.210. The summed E-state index contributed by atoms with van der Waals surface area (Å²) in [5.41, 5.74) is -1.65. The first-order valence-corrected chi connectivity index (χ1v) is 9.59. The maximum atomic E-state index is 13.2. The molecular formula is C24H14F6N2O. The molecule has 0 saturated carbocycles. The molecule has 33 heavy (non-hydrogen) atoms. The van der Waals surface area contributed by atoms with Crippen molar-refractivity contribution in [1.82, 2.24) is 9.55 Å². The third-order valence-corrected chi connectivity index (χ3v) is 4.90. The molecule has 0 radical (unpaired) electrons. The van der Waals surface area contributed by atoms with Crippen LogP contribution in [0.2, 0.25) is 0 Å². The molecule has 1 heterocycles. The second-order valence-electron chi connectivity index (χ2n) is 7.13. The summed E-state index contributed by atoms with van der Waals surface area (Å²) in [6.45, 7) is 0. The van der Waals surface area contributed by atoms with Crippen molar-refractivity contribution in [1.29, 1.82) is 0 Å². The monoisotopic (exact) mass is 460 g/mol. The summed E-state index contributed by atoms with van der Waals surface area (Å²) in [4.78, 5) is 17.6. The number of para-hydroxylation sites is 1. The second-order valence-corrected chi connectivity index (χ2v) is 7.13. The van der Waals surface area contributed by atoms with Crippen molar-refractivity contribution < 1.29 is 26.3 Å². The van der Waals surface area contributed by atoms with E-state index in [-0.39, 0.29) is 16.9 Å². The number of hydrogen-bond acceptors (Lipinski definition) is 2. The van der Waals surface area contributed by atoms with Crippen molar-refractivity contribution in [2.75, 3.05) is 0 Å². The van der Waals surface area contributed by atoms with Crippen LogP contribution in [0.4, 0.5) is 26.3 Å². The Balaban J connectivity index is 1.86. The molecule has 0 fully saturated rings. The molecule has 168 valence electrons. The van der Waals surface area contributed by atoms with E-state index >= 15 is 0 Å². The van der Waals surface area contributed by atoms with Gasteiger partial charge in [0.05, 0.1) is 27.7 Å². The molecule has 4 rings (SSSR count). The van der Waals surface area contributed by atoms with E-state index < -0.39 is 29.0 Å². The maximum absolute atomic E-state index is 13.2. The van der Waals surface area contributed by atoms with Gasteiger partial charge in [0.1, 0.15) is 5.82 Å². The van der Waals surface area contributed by atoms with Crippen molar-refractivity contribution in [3.05, 3.63) is 106 Å². The normalized spacial score (nSPS) is 12.5. The van der Waals surface area contributed by atoms with E-state index in [1.165, 1.54) is 42.5 Å². The number of rotatable bonds is 3. The predicted octanol–water partition coefficient (Wildman–Crippen LogP) is 6.59. The van der Waals surface area contributed by atoms with Gasteiger partial charge in [-0.15, -0.1) is 0 Å². The molecule has 0 aliphatic heterocycles. The number of fused-ring (bicyclic) bond motifs is 1. The van der Waals surface area contributed by atoms with Crippen LogP contribution >= 0.6 is 0 Å². The van der Waals surface area contributed by atoms with Crippen LogP contribution in [0.1, 0.15) is 22.5 Å². The highest BCUT2D eigenvalue weighted by molar-refractivity contribution is 5.80. The van der Waals surface area contributed by atoms with Crippen molar-refractivity contribution in [3.8, 4) is 5.69 Å². The van der Waals surface area contributed by atoms with Gasteiger partial charge in [-0.05, 0) is 54.1 Å². The summed E-state index contributed by atoms with van der Waals surface area (Å²) in [6, 6.07) is 14.9. The van der Waals surface area contributed by atoms with Gasteiger partial charge in [0.2, 0.25) is 0 Å². The number of hydrogen-bond donors (Lipinski definition) is 0. The van der Waals surface area contributed by atoms with Crippen LogP contribution in [-0.4, -0.2) is 9.55 Å². The fourth-order valence-electron chi connectivity index (χ4n) is 3.29. The highest BCUT2D eigenvalue weighted by Gasteiger charge is 2.31. The minimum Gasteiger partial charge on any atom is -0.268 e. The quantitative estimate of drug-likeness (QED) is 0.323. The zero-order valence-corrected chi connectivity index (χ0v) is 16.7. The topological polar surface area (TPSA) is 34.9 Å². The van der Waals surface area contributed by atoms with Gasteiger partial charge in [-0.1, -0.05) is 36.4 Å². The second kappa shape index (κ2) is 8.23. The van der Waals surface area contributed by atoms with Gasteiger partial charge in [-0.3, -0.25) is 9.36 Å². The Labute approximate surface area is 183 Å². The summed E-state index contributed by atoms with van der Waals surface area (Å²) in [5.74, 6) is 0.0259. The Kier molecular flexibility index (Phi) is 5.57. The van der Waals surface area contributed by atoms with Crippen molar-refractivity contribution in [2.24, 2.45) is 0 Å². The number of nitrogens with zero attached hydrogens (tertiary/aromatic N) is 2. The molecule has 0 N–H and O–H groups in total. The van der Waals surface area contributed by atoms with Gasteiger partial charge >= 0.3 is 12.4 Å². The fourth-order valence-corrected chi connectivity index (χ4v) is 3.29. The fraction of sp³-hybridized carbons (Fsp3) is 0.0833. The highest BCUT2D eigenvalue weighted by Crippen LogP contribution is 2.31. The van der Waals surface area contributed by atoms with Gasteiger partial charge in [0.15, 0.2) is 0 Å². The van der Waals surface area contributed by atoms with Gasteiger partial charge in [-0.2, -0.15) is 26.3 Å². The zero-order valence-electron chi connectivity index (χ0n) is 16.7. The lowest BCUT2D eigenvalue weighted by Crippen LogP contribution is -2.22.